The van der Waals surface area contributed by atoms with Crippen LogP contribution in [0, 0.1) is 6.92 Å². The lowest BCUT2D eigenvalue weighted by Crippen LogP contribution is -2.45. The first-order valence-corrected chi connectivity index (χ1v) is 7.28. The van der Waals surface area contributed by atoms with Gasteiger partial charge < -0.3 is 5.11 Å². The van der Waals surface area contributed by atoms with Crippen LogP contribution in [0.5, 0.6) is 0 Å². The predicted molar refractivity (Wildman–Crippen MR) is 76.5 cm³/mol. The summed E-state index contributed by atoms with van der Waals surface area (Å²) in [6.45, 7) is 2.53. The van der Waals surface area contributed by atoms with E-state index in [0.29, 0.717) is 16.9 Å². The lowest BCUT2D eigenvalue weighted by atomic mass is 9.76. The molecule has 0 spiro atoms. The molecule has 23 heavy (non-hydrogen) atoms. The molecule has 2 rings (SSSR count). The average molecular weight is 329 g/mol. The Morgan fingerprint density at radius 2 is 1.83 bits per heavy atom. The summed E-state index contributed by atoms with van der Waals surface area (Å²) in [4.78, 5) is 25.3. The average Bonchev–Trinajstić information content (AvgIpc) is 2.72. The Morgan fingerprint density at radius 3 is 2.30 bits per heavy atom. The topological polar surface area (TPSA) is 57.6 Å². The maximum atomic E-state index is 12.6. The van der Waals surface area contributed by atoms with Crippen LogP contribution in [0.4, 0.5) is 13.2 Å². The second-order valence-electron chi connectivity index (χ2n) is 5.85. The maximum absolute atomic E-state index is 12.6. The second kappa shape index (κ2) is 5.96. The highest BCUT2D eigenvalue weighted by molar-refractivity contribution is 6.09. The van der Waals surface area contributed by atoms with Crippen molar-refractivity contribution in [3.8, 4) is 0 Å². The summed E-state index contributed by atoms with van der Waals surface area (Å²) in [5.41, 5.74) is 0.421. The first-order chi connectivity index (χ1) is 10.6. The van der Waals surface area contributed by atoms with Gasteiger partial charge in [0.25, 0.3) is 0 Å². The van der Waals surface area contributed by atoms with Gasteiger partial charge in [0.1, 0.15) is 0 Å². The molecule has 0 aromatic heterocycles. The second-order valence-corrected chi connectivity index (χ2v) is 5.85. The van der Waals surface area contributed by atoms with E-state index < -0.39 is 36.1 Å². The molecule has 2 amide bonds. The van der Waals surface area contributed by atoms with Crippen molar-refractivity contribution in [2.75, 3.05) is 6.54 Å². The standard InChI is InChI=1S/C16H18F3NO3/c1-3-15(11-6-4-10(2)5-7-11)8-13(22)20(14(15)23)9-12(21)16(17,18)19/h4-7,12,21H,3,8-9H2,1-2H3. The van der Waals surface area contributed by atoms with Gasteiger partial charge in [0.2, 0.25) is 11.8 Å². The molecule has 0 aliphatic carbocycles. The molecule has 1 N–H and O–H groups in total. The quantitative estimate of drug-likeness (QED) is 0.863. The molecule has 126 valence electrons. The van der Waals surface area contributed by atoms with Crippen LogP contribution < -0.4 is 0 Å². The molecule has 0 saturated carbocycles. The van der Waals surface area contributed by atoms with Gasteiger partial charge in [-0.1, -0.05) is 36.8 Å². The van der Waals surface area contributed by atoms with Crippen LogP contribution >= 0.6 is 0 Å². The Bertz CT molecular complexity index is 612. The Labute approximate surface area is 131 Å². The summed E-state index contributed by atoms with van der Waals surface area (Å²) in [5, 5.41) is 9.16. The number of nitrogens with zero attached hydrogens (tertiary/aromatic N) is 1. The van der Waals surface area contributed by atoms with E-state index in [9.17, 15) is 22.8 Å². The molecule has 1 fully saturated rings. The van der Waals surface area contributed by atoms with Gasteiger partial charge in [-0.25, -0.2) is 0 Å². The van der Waals surface area contributed by atoms with Crippen molar-refractivity contribution < 1.29 is 27.9 Å². The normalized spacial score (nSPS) is 23.5. The number of aliphatic hydroxyl groups excluding tert-OH is 1. The van der Waals surface area contributed by atoms with E-state index in [0.717, 1.165) is 5.56 Å². The van der Waals surface area contributed by atoms with E-state index >= 15 is 0 Å². The van der Waals surface area contributed by atoms with Gasteiger partial charge in [-0.3, -0.25) is 14.5 Å². The lowest BCUT2D eigenvalue weighted by molar-refractivity contribution is -0.207. The number of aryl methyl sites for hydroxylation is 1. The fourth-order valence-corrected chi connectivity index (χ4v) is 2.84. The summed E-state index contributed by atoms with van der Waals surface area (Å²) < 4.78 is 37.5. The van der Waals surface area contributed by atoms with Gasteiger partial charge in [0, 0.05) is 6.42 Å². The van der Waals surface area contributed by atoms with Crippen LogP contribution in [0.3, 0.4) is 0 Å². The summed E-state index contributed by atoms with van der Waals surface area (Å²) in [5.74, 6) is -1.38. The third-order valence-corrected chi connectivity index (χ3v) is 4.35. The molecule has 1 aliphatic heterocycles. The molecule has 2 unspecified atom stereocenters. The van der Waals surface area contributed by atoms with Gasteiger partial charge in [-0.05, 0) is 18.9 Å². The van der Waals surface area contributed by atoms with E-state index in [1.54, 1.807) is 31.2 Å². The van der Waals surface area contributed by atoms with Crippen molar-refractivity contribution in [1.82, 2.24) is 4.90 Å². The Hall–Kier alpha value is -1.89. The Balaban J connectivity index is 2.33. The molecule has 1 saturated heterocycles. The number of benzene rings is 1. The molecule has 2 atom stereocenters. The van der Waals surface area contributed by atoms with Gasteiger partial charge >= 0.3 is 6.18 Å². The molecule has 7 heteroatoms. The van der Waals surface area contributed by atoms with Crippen molar-refractivity contribution in [1.29, 1.82) is 0 Å². The molecule has 1 aromatic carbocycles. The molecule has 1 aliphatic rings. The van der Waals surface area contributed by atoms with Crippen LogP contribution in [-0.2, 0) is 15.0 Å². The summed E-state index contributed by atoms with van der Waals surface area (Å²) in [6, 6.07) is 7.01. The predicted octanol–water partition coefficient (Wildman–Crippen LogP) is 2.32. The highest BCUT2D eigenvalue weighted by Gasteiger charge is 2.53. The number of aliphatic hydroxyl groups is 1. The monoisotopic (exact) mass is 329 g/mol. The van der Waals surface area contributed by atoms with Gasteiger partial charge in [-0.2, -0.15) is 13.2 Å². The fraction of sp³-hybridized carbons (Fsp3) is 0.500. The molecule has 1 heterocycles. The largest absolute Gasteiger partial charge is 0.416 e. The van der Waals surface area contributed by atoms with Gasteiger partial charge in [-0.15, -0.1) is 0 Å². The van der Waals surface area contributed by atoms with E-state index in [2.05, 4.69) is 0 Å². The lowest BCUT2D eigenvalue weighted by Gasteiger charge is -2.27. The number of halogens is 3. The first-order valence-electron chi connectivity index (χ1n) is 7.28. The molecular formula is C16H18F3NO3. The van der Waals surface area contributed by atoms with Crippen molar-refractivity contribution in [3.63, 3.8) is 0 Å². The molecular weight excluding hydrogens is 311 g/mol. The number of likely N-dealkylation sites (tertiary alicyclic amines) is 1. The molecule has 1 aromatic rings. The summed E-state index contributed by atoms with van der Waals surface area (Å²) >= 11 is 0. The SMILES string of the molecule is CCC1(c2ccc(C)cc2)CC(=O)N(CC(O)C(F)(F)F)C1=O. The number of hydrogen-bond donors (Lipinski definition) is 1. The van der Waals surface area contributed by atoms with Crippen LogP contribution in [0.25, 0.3) is 0 Å². The number of carbonyl (C=O) groups excluding carboxylic acids is 2. The highest BCUT2D eigenvalue weighted by Crippen LogP contribution is 2.40. The van der Waals surface area contributed by atoms with Crippen molar-refractivity contribution >= 4 is 11.8 Å². The van der Waals surface area contributed by atoms with E-state index in [1.807, 2.05) is 6.92 Å². The van der Waals surface area contributed by atoms with Gasteiger partial charge in [0.05, 0.1) is 12.0 Å². The van der Waals surface area contributed by atoms with Gasteiger partial charge in [0.15, 0.2) is 6.10 Å². The van der Waals surface area contributed by atoms with Crippen LogP contribution in [-0.4, -0.2) is 40.6 Å². The maximum Gasteiger partial charge on any atom is 0.416 e. The number of carbonyl (C=O) groups is 2. The number of hydrogen-bond acceptors (Lipinski definition) is 3. The van der Waals surface area contributed by atoms with Crippen LogP contribution in [0.2, 0.25) is 0 Å². The zero-order chi connectivity index (χ0) is 17.4. The van der Waals surface area contributed by atoms with E-state index in [4.69, 9.17) is 5.11 Å². The Morgan fingerprint density at radius 1 is 1.26 bits per heavy atom. The highest BCUT2D eigenvalue weighted by atomic mass is 19.4. The van der Waals surface area contributed by atoms with E-state index in [-0.39, 0.29) is 6.42 Å². The fourth-order valence-electron chi connectivity index (χ4n) is 2.84. The number of alkyl halides is 3. The zero-order valence-electron chi connectivity index (χ0n) is 12.9. The minimum absolute atomic E-state index is 0.185. The van der Waals surface area contributed by atoms with E-state index in [1.165, 1.54) is 0 Å². The smallest absolute Gasteiger partial charge is 0.382 e. The summed E-state index contributed by atoms with van der Waals surface area (Å²) in [6.07, 6.45) is -7.50. The number of imide groups is 1. The Kier molecular flexibility index (Phi) is 4.52. The van der Waals surface area contributed by atoms with Crippen molar-refractivity contribution in [3.05, 3.63) is 35.4 Å². The minimum Gasteiger partial charge on any atom is -0.382 e. The zero-order valence-corrected chi connectivity index (χ0v) is 12.9. The molecule has 0 radical (unpaired) electrons. The molecule has 0 bridgehead atoms. The number of rotatable bonds is 4. The van der Waals surface area contributed by atoms with Crippen LogP contribution in [0.1, 0.15) is 30.9 Å². The van der Waals surface area contributed by atoms with Crippen LogP contribution in [0.15, 0.2) is 24.3 Å². The van der Waals surface area contributed by atoms with Crippen molar-refractivity contribution in [2.45, 2.75) is 44.4 Å². The summed E-state index contributed by atoms with van der Waals surface area (Å²) in [7, 11) is 0. The molecule has 4 nitrogen and oxygen atoms in total. The third kappa shape index (κ3) is 3.10. The minimum atomic E-state index is -4.87. The number of β-amino-alcohol motifs (C(OH)–C–C–N with tert-alkyl or cyclic N) is 1. The first kappa shape index (κ1) is 17.5. The van der Waals surface area contributed by atoms with Crippen molar-refractivity contribution in [2.24, 2.45) is 0 Å². The number of amides is 2. The third-order valence-electron chi connectivity index (χ3n) is 4.35.